The van der Waals surface area contributed by atoms with E-state index in [0.29, 0.717) is 16.5 Å². The van der Waals surface area contributed by atoms with Crippen LogP contribution >= 0.6 is 11.8 Å². The molecule has 0 aliphatic heterocycles. The van der Waals surface area contributed by atoms with Gasteiger partial charge in [0, 0.05) is 12.2 Å². The zero-order valence-corrected chi connectivity index (χ0v) is 11.3. The Morgan fingerprint density at radius 3 is 2.61 bits per heavy atom. The Bertz CT molecular complexity index is 500. The number of nitrogens with two attached hydrogens (primary N) is 2. The Labute approximate surface area is 110 Å². The average Bonchev–Trinajstić information content (AvgIpc) is 2.29. The van der Waals surface area contributed by atoms with Gasteiger partial charge < -0.3 is 11.5 Å². The minimum Gasteiger partial charge on any atom is -0.397 e. The van der Waals surface area contributed by atoms with E-state index in [2.05, 4.69) is 4.98 Å². The molecule has 6 nitrogen and oxygen atoms in total. The van der Waals surface area contributed by atoms with Crippen molar-refractivity contribution in [2.24, 2.45) is 5.73 Å². The number of sulfone groups is 1. The highest BCUT2D eigenvalue weighted by Gasteiger charge is 2.12. The Kier molecular flexibility index (Phi) is 5.42. The Morgan fingerprint density at radius 1 is 1.33 bits per heavy atom. The van der Waals surface area contributed by atoms with E-state index < -0.39 is 15.7 Å². The second-order valence-corrected chi connectivity index (χ2v) is 7.07. The summed E-state index contributed by atoms with van der Waals surface area (Å²) in [5.41, 5.74) is 10.9. The maximum Gasteiger partial charge on any atom is 0.218 e. The lowest BCUT2D eigenvalue weighted by atomic mass is 10.4. The van der Waals surface area contributed by atoms with Crippen molar-refractivity contribution in [1.29, 1.82) is 0 Å². The number of pyridine rings is 1. The molecule has 0 unspecified atom stereocenters. The van der Waals surface area contributed by atoms with Gasteiger partial charge in [-0.25, -0.2) is 13.4 Å². The lowest BCUT2D eigenvalue weighted by molar-refractivity contribution is -0.117. The highest BCUT2D eigenvalue weighted by molar-refractivity contribution is 8.00. The van der Waals surface area contributed by atoms with Gasteiger partial charge in [-0.15, -0.1) is 11.8 Å². The third-order valence-electron chi connectivity index (χ3n) is 2.06. The highest BCUT2D eigenvalue weighted by Crippen LogP contribution is 2.16. The third-order valence-corrected chi connectivity index (χ3v) is 4.92. The summed E-state index contributed by atoms with van der Waals surface area (Å²) in [6.07, 6.45) is 1.39. The van der Waals surface area contributed by atoms with E-state index in [4.69, 9.17) is 11.5 Å². The molecule has 0 saturated heterocycles. The summed E-state index contributed by atoms with van der Waals surface area (Å²) in [6, 6.07) is 3.44. The van der Waals surface area contributed by atoms with Crippen LogP contribution in [0.5, 0.6) is 0 Å². The van der Waals surface area contributed by atoms with Crippen molar-refractivity contribution < 1.29 is 13.2 Å². The zero-order chi connectivity index (χ0) is 13.6. The van der Waals surface area contributed by atoms with Crippen LogP contribution in [0, 0.1) is 0 Å². The summed E-state index contributed by atoms with van der Waals surface area (Å²) >= 11 is 1.33. The van der Waals surface area contributed by atoms with E-state index in [0.717, 1.165) is 0 Å². The zero-order valence-electron chi connectivity index (χ0n) is 9.70. The van der Waals surface area contributed by atoms with E-state index >= 15 is 0 Å². The predicted molar refractivity (Wildman–Crippen MR) is 71.8 cm³/mol. The average molecular weight is 289 g/mol. The molecular weight excluding hydrogens is 274 g/mol. The van der Waals surface area contributed by atoms with Crippen molar-refractivity contribution in [1.82, 2.24) is 4.98 Å². The van der Waals surface area contributed by atoms with E-state index in [9.17, 15) is 13.2 Å². The van der Waals surface area contributed by atoms with Crippen LogP contribution in [0.1, 0.15) is 6.42 Å². The first-order valence-corrected chi connectivity index (χ1v) is 8.03. The van der Waals surface area contributed by atoms with Crippen molar-refractivity contribution in [3.8, 4) is 0 Å². The van der Waals surface area contributed by atoms with Crippen molar-refractivity contribution in [3.05, 3.63) is 18.3 Å². The molecule has 1 heterocycles. The summed E-state index contributed by atoms with van der Waals surface area (Å²) in [5, 5.41) is 0.717. The smallest absolute Gasteiger partial charge is 0.218 e. The van der Waals surface area contributed by atoms with Gasteiger partial charge in [0.05, 0.1) is 28.4 Å². The number of nitrogens with zero attached hydrogens (tertiary/aromatic N) is 1. The number of rotatable bonds is 7. The summed E-state index contributed by atoms with van der Waals surface area (Å²) in [7, 11) is -3.23. The molecule has 18 heavy (non-hydrogen) atoms. The number of thioether (sulfide) groups is 1. The SMILES string of the molecule is NC(=O)CCS(=O)(=O)CCSc1ccc(N)cn1. The van der Waals surface area contributed by atoms with E-state index in [1.165, 1.54) is 18.0 Å². The number of aromatic nitrogens is 1. The molecule has 0 aromatic carbocycles. The van der Waals surface area contributed by atoms with Gasteiger partial charge in [0.1, 0.15) is 0 Å². The first kappa shape index (κ1) is 14.8. The van der Waals surface area contributed by atoms with Gasteiger partial charge in [0.25, 0.3) is 0 Å². The van der Waals surface area contributed by atoms with Crippen LogP contribution in [0.25, 0.3) is 0 Å². The van der Waals surface area contributed by atoms with Crippen LogP contribution in [-0.2, 0) is 14.6 Å². The molecule has 0 fully saturated rings. The molecule has 1 aromatic heterocycles. The van der Waals surface area contributed by atoms with E-state index in [-0.39, 0.29) is 17.9 Å². The first-order valence-electron chi connectivity index (χ1n) is 5.22. The maximum atomic E-state index is 11.5. The van der Waals surface area contributed by atoms with Crippen LogP contribution in [0.4, 0.5) is 5.69 Å². The Morgan fingerprint density at radius 2 is 2.06 bits per heavy atom. The minimum atomic E-state index is -3.23. The fourth-order valence-electron chi connectivity index (χ4n) is 1.11. The summed E-state index contributed by atoms with van der Waals surface area (Å²) in [6.45, 7) is 0. The fourth-order valence-corrected chi connectivity index (χ4v) is 3.67. The van der Waals surface area contributed by atoms with Crippen LogP contribution in [0.3, 0.4) is 0 Å². The second-order valence-electron chi connectivity index (χ2n) is 3.65. The molecule has 0 aliphatic rings. The van der Waals surface area contributed by atoms with Crippen molar-refractivity contribution in [2.75, 3.05) is 23.0 Å². The Balaban J connectivity index is 2.37. The number of hydrogen-bond donors (Lipinski definition) is 2. The molecule has 4 N–H and O–H groups in total. The van der Waals surface area contributed by atoms with Crippen molar-refractivity contribution >= 4 is 33.2 Å². The number of anilines is 1. The van der Waals surface area contributed by atoms with Crippen LogP contribution in [-0.4, -0.2) is 36.6 Å². The number of primary amides is 1. The van der Waals surface area contributed by atoms with Gasteiger partial charge in [0.15, 0.2) is 9.84 Å². The maximum absolute atomic E-state index is 11.5. The van der Waals surface area contributed by atoms with E-state index in [1.807, 2.05) is 0 Å². The van der Waals surface area contributed by atoms with Crippen molar-refractivity contribution in [3.63, 3.8) is 0 Å². The summed E-state index contributed by atoms with van der Waals surface area (Å²) in [4.78, 5) is 14.5. The van der Waals surface area contributed by atoms with Gasteiger partial charge >= 0.3 is 0 Å². The molecule has 0 bridgehead atoms. The quantitative estimate of drug-likeness (QED) is 0.685. The monoisotopic (exact) mass is 289 g/mol. The molecule has 0 saturated carbocycles. The number of carbonyl (C=O) groups excluding carboxylic acids is 1. The number of hydrogen-bond acceptors (Lipinski definition) is 6. The fraction of sp³-hybridized carbons (Fsp3) is 0.400. The number of carbonyl (C=O) groups is 1. The molecule has 1 amide bonds. The Hall–Kier alpha value is -1.28. The molecule has 1 rings (SSSR count). The molecule has 1 aromatic rings. The molecule has 100 valence electrons. The van der Waals surface area contributed by atoms with Gasteiger partial charge in [-0.1, -0.05) is 0 Å². The molecule has 0 spiro atoms. The number of nitrogen functional groups attached to an aromatic ring is 1. The normalized spacial score (nSPS) is 11.3. The van der Waals surface area contributed by atoms with Crippen LogP contribution < -0.4 is 11.5 Å². The second kappa shape index (κ2) is 6.60. The number of amides is 1. The van der Waals surface area contributed by atoms with Gasteiger partial charge in [-0.2, -0.15) is 0 Å². The third kappa shape index (κ3) is 5.87. The highest BCUT2D eigenvalue weighted by atomic mass is 32.2. The first-order chi connectivity index (χ1) is 8.39. The standard InChI is InChI=1S/C10H15N3O3S2/c11-8-1-2-10(13-7-8)17-4-6-18(15,16)5-3-9(12)14/h1-2,7H,3-6,11H2,(H2,12,14). The molecule has 0 atom stereocenters. The van der Waals surface area contributed by atoms with Crippen LogP contribution in [0.2, 0.25) is 0 Å². The topological polar surface area (TPSA) is 116 Å². The van der Waals surface area contributed by atoms with Gasteiger partial charge in [0.2, 0.25) is 5.91 Å². The van der Waals surface area contributed by atoms with Crippen molar-refractivity contribution in [2.45, 2.75) is 11.4 Å². The molecule has 8 heteroatoms. The summed E-state index contributed by atoms with van der Waals surface area (Å²) < 4.78 is 23.0. The summed E-state index contributed by atoms with van der Waals surface area (Å²) in [5.74, 6) is -0.418. The lowest BCUT2D eigenvalue weighted by Gasteiger charge is -2.03. The molecule has 0 radical (unpaired) electrons. The van der Waals surface area contributed by atoms with Gasteiger partial charge in [-0.05, 0) is 12.1 Å². The van der Waals surface area contributed by atoms with Gasteiger partial charge in [-0.3, -0.25) is 4.79 Å². The molecule has 0 aliphatic carbocycles. The van der Waals surface area contributed by atoms with E-state index in [1.54, 1.807) is 12.1 Å². The van der Waals surface area contributed by atoms with Crippen LogP contribution in [0.15, 0.2) is 23.4 Å². The predicted octanol–water partition coefficient (Wildman–Crippen LogP) is 0.0461. The lowest BCUT2D eigenvalue weighted by Crippen LogP contribution is -2.19. The molecular formula is C10H15N3O3S2. The largest absolute Gasteiger partial charge is 0.397 e. The minimum absolute atomic E-state index is 0.00297.